The molecule has 0 radical (unpaired) electrons. The summed E-state index contributed by atoms with van der Waals surface area (Å²) in [7, 11) is 1.67. The summed E-state index contributed by atoms with van der Waals surface area (Å²) in [5, 5.41) is 3.34. The van der Waals surface area contributed by atoms with Crippen molar-refractivity contribution in [3.05, 3.63) is 89.2 Å². The van der Waals surface area contributed by atoms with E-state index in [2.05, 4.69) is 23.5 Å². The molecule has 3 rings (SSSR count). The summed E-state index contributed by atoms with van der Waals surface area (Å²) in [4.78, 5) is 0. The Kier molecular flexibility index (Phi) is 5.14. The van der Waals surface area contributed by atoms with Crippen molar-refractivity contribution < 1.29 is 9.13 Å². The van der Waals surface area contributed by atoms with Gasteiger partial charge in [0.15, 0.2) is 0 Å². The van der Waals surface area contributed by atoms with Gasteiger partial charge in [-0.25, -0.2) is 4.39 Å². The van der Waals surface area contributed by atoms with Crippen molar-refractivity contribution in [2.24, 2.45) is 0 Å². The third kappa shape index (κ3) is 4.27. The molecule has 0 aliphatic carbocycles. The monoisotopic (exact) mass is 333 g/mol. The molecule has 0 aliphatic rings. The number of rotatable bonds is 5. The van der Waals surface area contributed by atoms with Crippen molar-refractivity contribution in [3.8, 4) is 5.75 Å². The lowest BCUT2D eigenvalue weighted by atomic mass is 10.1. The molecule has 1 N–H and O–H groups in total. The van der Waals surface area contributed by atoms with Gasteiger partial charge in [0.1, 0.15) is 11.6 Å². The molecule has 2 nitrogen and oxygen atoms in total. The summed E-state index contributed by atoms with van der Waals surface area (Å²) in [6.45, 7) is 2.04. The molecule has 0 heterocycles. The number of benzene rings is 3. The Balaban J connectivity index is 1.83. The molecule has 0 saturated carbocycles. The minimum absolute atomic E-state index is 0.240. The van der Waals surface area contributed by atoms with Crippen molar-refractivity contribution in [1.82, 2.24) is 0 Å². The van der Waals surface area contributed by atoms with Crippen molar-refractivity contribution >= 4 is 23.5 Å². The van der Waals surface area contributed by atoms with E-state index >= 15 is 0 Å². The van der Waals surface area contributed by atoms with Gasteiger partial charge in [-0.3, -0.25) is 0 Å². The molecule has 25 heavy (non-hydrogen) atoms. The van der Waals surface area contributed by atoms with Crippen LogP contribution in [0.5, 0.6) is 5.75 Å². The summed E-state index contributed by atoms with van der Waals surface area (Å²) in [6, 6.07) is 20.4. The van der Waals surface area contributed by atoms with Gasteiger partial charge in [0.2, 0.25) is 0 Å². The van der Waals surface area contributed by atoms with E-state index in [1.54, 1.807) is 19.2 Å². The average molecular weight is 333 g/mol. The smallest absolute Gasteiger partial charge is 0.126 e. The molecule has 0 fully saturated rings. The first-order valence-corrected chi connectivity index (χ1v) is 8.10. The first-order chi connectivity index (χ1) is 12.2. The van der Waals surface area contributed by atoms with Crippen LogP contribution in [0, 0.1) is 12.7 Å². The number of aryl methyl sites for hydroxylation is 1. The molecule has 0 spiro atoms. The standard InChI is InChI=1S/C22H20FNO/c1-16-7-8-17(9-10-18-5-3-4-6-22(18)25-2)15-21(16)24-20-13-11-19(23)12-14-20/h3-15,24H,1-2H3/b10-9+. The average Bonchev–Trinajstić information content (AvgIpc) is 2.64. The molecule has 0 atom stereocenters. The zero-order valence-electron chi connectivity index (χ0n) is 14.3. The molecule has 3 aromatic carbocycles. The van der Waals surface area contributed by atoms with E-state index in [-0.39, 0.29) is 5.82 Å². The normalized spacial score (nSPS) is 10.8. The Morgan fingerprint density at radius 1 is 0.920 bits per heavy atom. The molecule has 0 aliphatic heterocycles. The number of hydrogen-bond acceptors (Lipinski definition) is 2. The van der Waals surface area contributed by atoms with Gasteiger partial charge in [0.25, 0.3) is 0 Å². The molecule has 0 bridgehead atoms. The number of para-hydroxylation sites is 1. The van der Waals surface area contributed by atoms with Crippen LogP contribution in [0.3, 0.4) is 0 Å². The van der Waals surface area contributed by atoms with E-state index in [0.717, 1.165) is 33.8 Å². The highest BCUT2D eigenvalue weighted by Gasteiger charge is 2.02. The van der Waals surface area contributed by atoms with Gasteiger partial charge >= 0.3 is 0 Å². The second kappa shape index (κ2) is 7.67. The summed E-state index contributed by atoms with van der Waals surface area (Å²) in [6.07, 6.45) is 4.08. The third-order valence-electron chi connectivity index (χ3n) is 3.98. The van der Waals surface area contributed by atoms with Crippen LogP contribution in [0.15, 0.2) is 66.7 Å². The number of hydrogen-bond donors (Lipinski definition) is 1. The van der Waals surface area contributed by atoms with Crippen LogP contribution in [0.1, 0.15) is 16.7 Å². The van der Waals surface area contributed by atoms with Crippen LogP contribution < -0.4 is 10.1 Å². The van der Waals surface area contributed by atoms with Crippen LogP contribution >= 0.6 is 0 Å². The Hall–Kier alpha value is -3.07. The molecule has 0 saturated heterocycles. The van der Waals surface area contributed by atoms with Gasteiger partial charge in [-0.05, 0) is 54.4 Å². The van der Waals surface area contributed by atoms with E-state index in [0.29, 0.717) is 0 Å². The van der Waals surface area contributed by atoms with E-state index < -0.39 is 0 Å². The Labute approximate surface area is 147 Å². The Morgan fingerprint density at radius 2 is 1.68 bits per heavy atom. The topological polar surface area (TPSA) is 21.3 Å². The van der Waals surface area contributed by atoms with Crippen LogP contribution in [0.4, 0.5) is 15.8 Å². The molecule has 126 valence electrons. The van der Waals surface area contributed by atoms with Crippen LogP contribution in [-0.4, -0.2) is 7.11 Å². The predicted molar refractivity (Wildman–Crippen MR) is 103 cm³/mol. The molecule has 0 amide bonds. The zero-order chi connectivity index (χ0) is 17.6. The minimum Gasteiger partial charge on any atom is -0.496 e. The fourth-order valence-corrected chi connectivity index (χ4v) is 2.56. The number of ether oxygens (including phenoxy) is 1. The lowest BCUT2D eigenvalue weighted by molar-refractivity contribution is 0.414. The van der Waals surface area contributed by atoms with Crippen LogP contribution in [0.2, 0.25) is 0 Å². The largest absolute Gasteiger partial charge is 0.496 e. The summed E-state index contributed by atoms with van der Waals surface area (Å²) >= 11 is 0. The second-order valence-corrected chi connectivity index (χ2v) is 5.78. The summed E-state index contributed by atoms with van der Waals surface area (Å²) < 4.78 is 18.4. The first-order valence-electron chi connectivity index (χ1n) is 8.10. The molecular weight excluding hydrogens is 313 g/mol. The van der Waals surface area contributed by atoms with Gasteiger partial charge in [-0.2, -0.15) is 0 Å². The number of anilines is 2. The van der Waals surface area contributed by atoms with Crippen LogP contribution in [-0.2, 0) is 0 Å². The maximum Gasteiger partial charge on any atom is 0.126 e. The Bertz CT molecular complexity index is 885. The van der Waals surface area contributed by atoms with Crippen molar-refractivity contribution in [3.63, 3.8) is 0 Å². The lowest BCUT2D eigenvalue weighted by Crippen LogP contribution is -1.93. The molecule has 3 heteroatoms. The van der Waals surface area contributed by atoms with E-state index in [1.807, 2.05) is 43.3 Å². The predicted octanol–water partition coefficient (Wildman–Crippen LogP) is 6.06. The summed E-state index contributed by atoms with van der Waals surface area (Å²) in [5.41, 5.74) is 5.07. The van der Waals surface area contributed by atoms with E-state index in [9.17, 15) is 4.39 Å². The van der Waals surface area contributed by atoms with Gasteiger partial charge in [0.05, 0.1) is 7.11 Å². The van der Waals surface area contributed by atoms with E-state index in [4.69, 9.17) is 4.74 Å². The highest BCUT2D eigenvalue weighted by atomic mass is 19.1. The zero-order valence-corrected chi connectivity index (χ0v) is 14.3. The molecule has 0 aromatic heterocycles. The lowest BCUT2D eigenvalue weighted by Gasteiger charge is -2.11. The highest BCUT2D eigenvalue weighted by Crippen LogP contribution is 2.24. The van der Waals surface area contributed by atoms with E-state index in [1.165, 1.54) is 12.1 Å². The van der Waals surface area contributed by atoms with Crippen molar-refractivity contribution in [2.45, 2.75) is 6.92 Å². The molecular formula is C22H20FNO. The van der Waals surface area contributed by atoms with Gasteiger partial charge in [-0.1, -0.05) is 42.5 Å². The van der Waals surface area contributed by atoms with Crippen molar-refractivity contribution in [2.75, 3.05) is 12.4 Å². The maximum absolute atomic E-state index is 13.0. The number of halogens is 1. The molecule has 0 unspecified atom stereocenters. The van der Waals surface area contributed by atoms with Gasteiger partial charge in [0, 0.05) is 16.9 Å². The van der Waals surface area contributed by atoms with Crippen molar-refractivity contribution in [1.29, 1.82) is 0 Å². The maximum atomic E-state index is 13.0. The van der Waals surface area contributed by atoms with Gasteiger partial charge < -0.3 is 10.1 Å². The fourth-order valence-electron chi connectivity index (χ4n) is 2.56. The highest BCUT2D eigenvalue weighted by molar-refractivity contribution is 5.75. The van der Waals surface area contributed by atoms with Crippen LogP contribution in [0.25, 0.3) is 12.2 Å². The number of methoxy groups -OCH3 is 1. The fraction of sp³-hybridized carbons (Fsp3) is 0.0909. The van der Waals surface area contributed by atoms with Gasteiger partial charge in [-0.15, -0.1) is 0 Å². The first kappa shape index (κ1) is 16.8. The summed E-state index contributed by atoms with van der Waals surface area (Å²) in [5.74, 6) is 0.603. The SMILES string of the molecule is COc1ccccc1/C=C/c1ccc(C)c(Nc2ccc(F)cc2)c1. The molecule has 3 aromatic rings. The quantitative estimate of drug-likeness (QED) is 0.573. The minimum atomic E-state index is -0.240. The second-order valence-electron chi connectivity index (χ2n) is 5.78. The third-order valence-corrected chi connectivity index (χ3v) is 3.98. The Morgan fingerprint density at radius 3 is 2.44 bits per heavy atom. The number of nitrogens with one attached hydrogen (secondary N) is 1.